The van der Waals surface area contributed by atoms with Crippen molar-refractivity contribution in [2.75, 3.05) is 23.1 Å². The number of likely N-dealkylation sites (tertiary alicyclic amines) is 1. The van der Waals surface area contributed by atoms with Gasteiger partial charge in [0.05, 0.1) is 0 Å². The highest BCUT2D eigenvalue weighted by Gasteiger charge is 2.38. The average molecular weight is 566 g/mol. The second-order valence-electron chi connectivity index (χ2n) is 7.92. The Hall–Kier alpha value is -3.79. The molecule has 3 aromatic rings. The lowest BCUT2D eigenvalue weighted by atomic mass is 10.0. The van der Waals surface area contributed by atoms with Gasteiger partial charge in [-0.25, -0.2) is 26.4 Å². The van der Waals surface area contributed by atoms with Crippen LogP contribution in [0.1, 0.15) is 17.5 Å². The molecule has 1 aliphatic rings. The summed E-state index contributed by atoms with van der Waals surface area (Å²) >= 11 is 0. The number of anilines is 2. The molecule has 16 heteroatoms. The fourth-order valence-electron chi connectivity index (χ4n) is 3.29. The zero-order valence-corrected chi connectivity index (χ0v) is 20.0. The third-order valence-corrected chi connectivity index (χ3v) is 6.62. The van der Waals surface area contributed by atoms with Crippen molar-refractivity contribution in [3.05, 3.63) is 71.2 Å². The maximum absolute atomic E-state index is 14.5. The minimum Gasteiger partial charge on any atom is -0.475 e. The number of rotatable bonds is 8. The van der Waals surface area contributed by atoms with E-state index in [1.807, 2.05) is 10.8 Å². The van der Waals surface area contributed by atoms with Crippen molar-refractivity contribution in [2.24, 2.45) is 0 Å². The first-order valence-electron chi connectivity index (χ1n) is 10.7. The van der Waals surface area contributed by atoms with E-state index < -0.39 is 44.5 Å². The summed E-state index contributed by atoms with van der Waals surface area (Å²) in [6, 6.07) is 7.63. The second-order valence-corrected chi connectivity index (χ2v) is 9.54. The molecule has 4 rings (SSSR count). The van der Waals surface area contributed by atoms with Gasteiger partial charge in [-0.3, -0.25) is 9.62 Å². The van der Waals surface area contributed by atoms with E-state index in [-0.39, 0.29) is 18.1 Å². The van der Waals surface area contributed by atoms with Crippen LogP contribution >= 0.6 is 0 Å². The predicted octanol–water partition coefficient (Wildman–Crippen LogP) is 4.34. The second kappa shape index (κ2) is 11.7. The molecule has 38 heavy (non-hydrogen) atoms. The fourth-order valence-corrected chi connectivity index (χ4v) is 4.41. The average Bonchev–Trinajstić information content (AvgIpc) is 3.27. The van der Waals surface area contributed by atoms with Crippen LogP contribution in [-0.2, 0) is 27.9 Å². The quantitative estimate of drug-likeness (QED) is 0.344. The lowest BCUT2D eigenvalue weighted by Crippen LogP contribution is -2.36. The van der Waals surface area contributed by atoms with Gasteiger partial charge in [-0.05, 0) is 43.3 Å². The van der Waals surface area contributed by atoms with Gasteiger partial charge in [0.1, 0.15) is 23.7 Å². The van der Waals surface area contributed by atoms with Gasteiger partial charge in [0.25, 0.3) is 10.0 Å². The van der Waals surface area contributed by atoms with Crippen LogP contribution in [0.3, 0.4) is 0 Å². The van der Waals surface area contributed by atoms with Crippen LogP contribution in [0.15, 0.2) is 52.1 Å². The highest BCUT2D eigenvalue weighted by molar-refractivity contribution is 7.92. The molecule has 1 fully saturated rings. The number of nitrogens with zero attached hydrogens (tertiary/aromatic N) is 2. The molecule has 1 aromatic heterocycles. The van der Waals surface area contributed by atoms with Gasteiger partial charge in [-0.15, -0.1) is 0 Å². The molecular weight excluding hydrogens is 546 g/mol. The Balaban J connectivity index is 0.000000505. The zero-order valence-electron chi connectivity index (χ0n) is 19.2. The number of aromatic nitrogens is 1. The first kappa shape index (κ1) is 28.8. The Kier molecular flexibility index (Phi) is 8.88. The Morgan fingerprint density at radius 2 is 1.71 bits per heavy atom. The standard InChI is InChI=1S/C20H19F3N4O3S.C2HF3O2/c21-16-4-1-3-13(12-27-6-2-7-27)15(16)11-24-14-9-17(22)20(18(23)10-14)31(28,29)26-19-5-8-30-25-19;3-2(4,5)1(6)7/h1,3-5,8-10,24H,2,6-7,11-12H2,(H,25,26);(H,6,7). The summed E-state index contributed by atoms with van der Waals surface area (Å²) in [4.78, 5) is 9.91. The minimum atomic E-state index is -5.08. The van der Waals surface area contributed by atoms with Gasteiger partial charge in [0.2, 0.25) is 0 Å². The molecule has 206 valence electrons. The monoisotopic (exact) mass is 566 g/mol. The molecule has 0 unspecified atom stereocenters. The Morgan fingerprint density at radius 3 is 2.21 bits per heavy atom. The highest BCUT2D eigenvalue weighted by Crippen LogP contribution is 2.26. The Labute approximate surface area is 212 Å². The predicted molar refractivity (Wildman–Crippen MR) is 121 cm³/mol. The first-order valence-corrected chi connectivity index (χ1v) is 12.2. The summed E-state index contributed by atoms with van der Waals surface area (Å²) in [7, 11) is -4.57. The van der Waals surface area contributed by atoms with Crippen molar-refractivity contribution in [3.63, 3.8) is 0 Å². The molecule has 2 aromatic carbocycles. The molecule has 1 aliphatic heterocycles. The molecule has 0 bridgehead atoms. The lowest BCUT2D eigenvalue weighted by molar-refractivity contribution is -0.192. The van der Waals surface area contributed by atoms with Crippen molar-refractivity contribution in [1.82, 2.24) is 10.1 Å². The molecule has 2 heterocycles. The van der Waals surface area contributed by atoms with Crippen LogP contribution in [-0.4, -0.2) is 48.8 Å². The first-order chi connectivity index (χ1) is 17.8. The third kappa shape index (κ3) is 7.38. The maximum atomic E-state index is 14.5. The van der Waals surface area contributed by atoms with Crippen molar-refractivity contribution >= 4 is 27.5 Å². The fraction of sp³-hybridized carbons (Fsp3) is 0.273. The van der Waals surface area contributed by atoms with E-state index in [0.29, 0.717) is 12.1 Å². The largest absolute Gasteiger partial charge is 0.490 e. The lowest BCUT2D eigenvalue weighted by Gasteiger charge is -2.31. The van der Waals surface area contributed by atoms with Crippen molar-refractivity contribution in [2.45, 2.75) is 30.6 Å². The van der Waals surface area contributed by atoms with Gasteiger partial charge in [-0.2, -0.15) is 13.2 Å². The van der Waals surface area contributed by atoms with Crippen LogP contribution in [0.4, 0.5) is 37.8 Å². The number of hydrogen-bond acceptors (Lipinski definition) is 7. The van der Waals surface area contributed by atoms with Gasteiger partial charge in [-0.1, -0.05) is 17.3 Å². The topological polar surface area (TPSA) is 125 Å². The van der Waals surface area contributed by atoms with E-state index in [1.165, 1.54) is 12.1 Å². The molecule has 0 saturated carbocycles. The number of halogens is 6. The zero-order chi connectivity index (χ0) is 28.1. The number of carboxylic acids is 1. The summed E-state index contributed by atoms with van der Waals surface area (Å²) in [5.74, 6) is -5.99. The smallest absolute Gasteiger partial charge is 0.475 e. The number of alkyl halides is 3. The summed E-state index contributed by atoms with van der Waals surface area (Å²) in [6.07, 6.45) is -2.88. The number of sulfonamides is 1. The van der Waals surface area contributed by atoms with Crippen LogP contribution in [0.25, 0.3) is 0 Å². The molecular formula is C22H20F6N4O5S. The minimum absolute atomic E-state index is 0.0159. The number of carbonyl (C=O) groups is 1. The van der Waals surface area contributed by atoms with E-state index >= 15 is 0 Å². The van der Waals surface area contributed by atoms with Crippen LogP contribution < -0.4 is 10.0 Å². The molecule has 0 amide bonds. The van der Waals surface area contributed by atoms with E-state index in [2.05, 4.69) is 19.9 Å². The van der Waals surface area contributed by atoms with Crippen molar-refractivity contribution in [3.8, 4) is 0 Å². The SMILES string of the molecule is O=C(O)C(F)(F)F.O=S(=O)(Nc1ccon1)c1c(F)cc(NCc2c(F)cccc2CN2CCC2)cc1F. The van der Waals surface area contributed by atoms with E-state index in [0.717, 1.165) is 43.5 Å². The maximum Gasteiger partial charge on any atom is 0.490 e. The molecule has 0 radical (unpaired) electrons. The van der Waals surface area contributed by atoms with E-state index in [9.17, 15) is 34.8 Å². The summed E-state index contributed by atoms with van der Waals surface area (Å²) in [5, 5.41) is 13.3. The molecule has 9 nitrogen and oxygen atoms in total. The van der Waals surface area contributed by atoms with Crippen LogP contribution in [0.5, 0.6) is 0 Å². The number of nitrogens with one attached hydrogen (secondary N) is 2. The normalized spacial score (nSPS) is 13.7. The molecule has 0 atom stereocenters. The molecule has 0 aliphatic carbocycles. The Morgan fingerprint density at radius 1 is 1.08 bits per heavy atom. The summed E-state index contributed by atoms with van der Waals surface area (Å²) in [6.45, 7) is 2.45. The van der Waals surface area contributed by atoms with Gasteiger partial charge < -0.3 is 14.9 Å². The van der Waals surface area contributed by atoms with E-state index in [1.54, 1.807) is 6.07 Å². The molecule has 1 saturated heterocycles. The number of aliphatic carboxylic acids is 1. The number of carboxylic acid groups (broad SMARTS) is 1. The summed E-state index contributed by atoms with van der Waals surface area (Å²) < 4.78 is 106. The van der Waals surface area contributed by atoms with Crippen molar-refractivity contribution < 1.29 is 49.2 Å². The van der Waals surface area contributed by atoms with Gasteiger partial charge in [0.15, 0.2) is 10.7 Å². The van der Waals surface area contributed by atoms with Crippen LogP contribution in [0.2, 0.25) is 0 Å². The molecule has 3 N–H and O–H groups in total. The van der Waals surface area contributed by atoms with Gasteiger partial charge in [0, 0.05) is 30.4 Å². The Bertz CT molecular complexity index is 1360. The highest BCUT2D eigenvalue weighted by atomic mass is 32.2. The molecule has 0 spiro atoms. The van der Waals surface area contributed by atoms with E-state index in [4.69, 9.17) is 9.90 Å². The number of hydrogen-bond donors (Lipinski definition) is 3. The van der Waals surface area contributed by atoms with Gasteiger partial charge >= 0.3 is 12.1 Å². The summed E-state index contributed by atoms with van der Waals surface area (Å²) in [5.41, 5.74) is 1.15. The number of benzene rings is 2. The van der Waals surface area contributed by atoms with Crippen LogP contribution in [0, 0.1) is 17.5 Å². The third-order valence-electron chi connectivity index (χ3n) is 5.21. The van der Waals surface area contributed by atoms with Crippen molar-refractivity contribution in [1.29, 1.82) is 0 Å².